The fourth-order valence-corrected chi connectivity index (χ4v) is 2.13. The lowest BCUT2D eigenvalue weighted by Gasteiger charge is -2.15. The van der Waals surface area contributed by atoms with Gasteiger partial charge < -0.3 is 15.2 Å². The van der Waals surface area contributed by atoms with Gasteiger partial charge in [-0.15, -0.1) is 0 Å². The van der Waals surface area contributed by atoms with Gasteiger partial charge in [-0.3, -0.25) is 0 Å². The van der Waals surface area contributed by atoms with Crippen LogP contribution in [0.2, 0.25) is 10.0 Å². The third-order valence-corrected chi connectivity index (χ3v) is 3.26. The Labute approximate surface area is 132 Å². The number of anilines is 1. The first kappa shape index (κ1) is 15.9. The van der Waals surface area contributed by atoms with Crippen LogP contribution >= 0.6 is 23.2 Å². The van der Waals surface area contributed by atoms with Crippen LogP contribution < -0.4 is 10.1 Å². The van der Waals surface area contributed by atoms with Crippen LogP contribution in [0.1, 0.15) is 0 Å². The van der Waals surface area contributed by atoms with E-state index in [0.29, 0.717) is 21.5 Å². The maximum Gasteiger partial charge on any atom is 0.146 e. The Kier molecular flexibility index (Phi) is 5.67. The first-order valence-corrected chi connectivity index (χ1v) is 7.06. The molecule has 1 atom stereocenters. The summed E-state index contributed by atoms with van der Waals surface area (Å²) in [5.74, 6) is 0.0670. The van der Waals surface area contributed by atoms with Crippen LogP contribution in [0.5, 0.6) is 5.75 Å². The third-order valence-electron chi connectivity index (χ3n) is 2.73. The Bertz CT molecular complexity index is 610. The molecule has 0 radical (unpaired) electrons. The van der Waals surface area contributed by atoms with E-state index in [0.717, 1.165) is 0 Å². The van der Waals surface area contributed by atoms with Gasteiger partial charge in [-0.25, -0.2) is 4.39 Å². The second kappa shape index (κ2) is 7.50. The van der Waals surface area contributed by atoms with Crippen molar-refractivity contribution in [1.82, 2.24) is 0 Å². The first-order valence-electron chi connectivity index (χ1n) is 6.30. The average molecular weight is 330 g/mol. The van der Waals surface area contributed by atoms with E-state index >= 15 is 0 Å². The molecule has 3 nitrogen and oxygen atoms in total. The van der Waals surface area contributed by atoms with E-state index in [1.807, 2.05) is 0 Å². The molecule has 0 aliphatic rings. The van der Waals surface area contributed by atoms with Gasteiger partial charge in [0.2, 0.25) is 0 Å². The number of aliphatic hydroxyl groups excluding tert-OH is 1. The van der Waals surface area contributed by atoms with Gasteiger partial charge in [0, 0.05) is 11.6 Å². The van der Waals surface area contributed by atoms with Gasteiger partial charge in [0.1, 0.15) is 24.3 Å². The Morgan fingerprint density at radius 2 is 1.95 bits per heavy atom. The fraction of sp³-hybridized carbons (Fsp3) is 0.200. The molecule has 112 valence electrons. The summed E-state index contributed by atoms with van der Waals surface area (Å²) in [7, 11) is 0. The zero-order valence-corrected chi connectivity index (χ0v) is 12.5. The molecule has 2 N–H and O–H groups in total. The molecule has 2 aromatic rings. The van der Waals surface area contributed by atoms with Crippen molar-refractivity contribution in [3.05, 3.63) is 58.3 Å². The van der Waals surface area contributed by atoms with Crippen molar-refractivity contribution in [2.45, 2.75) is 6.10 Å². The molecule has 21 heavy (non-hydrogen) atoms. The molecule has 0 aliphatic carbocycles. The second-order valence-corrected chi connectivity index (χ2v) is 5.24. The molecule has 1 unspecified atom stereocenters. The molecule has 0 aromatic heterocycles. The SMILES string of the molecule is OC(CNc1ccccc1F)COc1ccc(Cl)cc1Cl. The molecule has 0 fully saturated rings. The minimum Gasteiger partial charge on any atom is -0.489 e. The highest BCUT2D eigenvalue weighted by molar-refractivity contribution is 6.35. The maximum absolute atomic E-state index is 13.4. The lowest BCUT2D eigenvalue weighted by molar-refractivity contribution is 0.117. The van der Waals surface area contributed by atoms with Crippen LogP contribution in [-0.2, 0) is 0 Å². The van der Waals surface area contributed by atoms with E-state index < -0.39 is 6.10 Å². The summed E-state index contributed by atoms with van der Waals surface area (Å²) < 4.78 is 18.8. The van der Waals surface area contributed by atoms with E-state index in [1.54, 1.807) is 36.4 Å². The van der Waals surface area contributed by atoms with Crippen molar-refractivity contribution in [1.29, 1.82) is 0 Å². The largest absolute Gasteiger partial charge is 0.489 e. The predicted octanol–water partition coefficient (Wildman–Crippen LogP) is 3.98. The van der Waals surface area contributed by atoms with E-state index in [9.17, 15) is 9.50 Å². The zero-order valence-electron chi connectivity index (χ0n) is 11.0. The van der Waals surface area contributed by atoms with Crippen LogP contribution in [0, 0.1) is 5.82 Å². The molecule has 0 heterocycles. The summed E-state index contributed by atoms with van der Waals surface area (Å²) in [5.41, 5.74) is 0.334. The maximum atomic E-state index is 13.4. The van der Waals surface area contributed by atoms with Gasteiger partial charge in [-0.05, 0) is 30.3 Å². The van der Waals surface area contributed by atoms with Gasteiger partial charge in [-0.2, -0.15) is 0 Å². The number of hydrogen-bond donors (Lipinski definition) is 2. The Hall–Kier alpha value is -1.49. The molecule has 0 saturated carbocycles. The van der Waals surface area contributed by atoms with E-state index in [2.05, 4.69) is 5.32 Å². The zero-order chi connectivity index (χ0) is 15.2. The predicted molar refractivity (Wildman–Crippen MR) is 82.9 cm³/mol. The highest BCUT2D eigenvalue weighted by atomic mass is 35.5. The minimum absolute atomic E-state index is 0.0306. The number of benzene rings is 2. The Morgan fingerprint density at radius 1 is 1.19 bits per heavy atom. The van der Waals surface area contributed by atoms with E-state index in [-0.39, 0.29) is 19.0 Å². The van der Waals surface area contributed by atoms with Gasteiger partial charge in [0.15, 0.2) is 0 Å². The summed E-state index contributed by atoms with van der Waals surface area (Å²) >= 11 is 11.7. The van der Waals surface area contributed by atoms with Crippen LogP contribution in [0.15, 0.2) is 42.5 Å². The normalized spacial score (nSPS) is 12.0. The van der Waals surface area contributed by atoms with Gasteiger partial charge >= 0.3 is 0 Å². The molecule has 0 amide bonds. The highest BCUT2D eigenvalue weighted by Crippen LogP contribution is 2.27. The van der Waals surface area contributed by atoms with Crippen molar-refractivity contribution in [3.8, 4) is 5.75 Å². The molecular weight excluding hydrogens is 316 g/mol. The smallest absolute Gasteiger partial charge is 0.146 e. The molecule has 2 aromatic carbocycles. The molecular formula is C15H14Cl2FNO2. The third kappa shape index (κ3) is 4.77. The topological polar surface area (TPSA) is 41.5 Å². The molecule has 0 bridgehead atoms. The van der Waals surface area contributed by atoms with Crippen molar-refractivity contribution in [3.63, 3.8) is 0 Å². The molecule has 0 aliphatic heterocycles. The quantitative estimate of drug-likeness (QED) is 0.842. The van der Waals surface area contributed by atoms with Crippen molar-refractivity contribution < 1.29 is 14.2 Å². The second-order valence-electron chi connectivity index (χ2n) is 4.40. The number of hydrogen-bond acceptors (Lipinski definition) is 3. The summed E-state index contributed by atoms with van der Waals surface area (Å²) in [6.45, 7) is 0.189. The first-order chi connectivity index (χ1) is 10.1. The Balaban J connectivity index is 1.82. The molecule has 0 spiro atoms. The summed E-state index contributed by atoms with van der Waals surface area (Å²) in [4.78, 5) is 0. The molecule has 2 rings (SSSR count). The monoisotopic (exact) mass is 329 g/mol. The van der Waals surface area contributed by atoms with Crippen molar-refractivity contribution >= 4 is 28.9 Å². The number of ether oxygens (including phenoxy) is 1. The number of para-hydroxylation sites is 1. The van der Waals surface area contributed by atoms with Gasteiger partial charge in [-0.1, -0.05) is 35.3 Å². The summed E-state index contributed by atoms with van der Waals surface area (Å²) in [6, 6.07) is 11.1. The van der Waals surface area contributed by atoms with Crippen LogP contribution in [-0.4, -0.2) is 24.4 Å². The van der Waals surface area contributed by atoms with E-state index in [4.69, 9.17) is 27.9 Å². The number of aliphatic hydroxyl groups is 1. The number of halogens is 3. The minimum atomic E-state index is -0.809. The number of nitrogens with one attached hydrogen (secondary N) is 1. The average Bonchev–Trinajstić information content (AvgIpc) is 2.45. The number of rotatable bonds is 6. The molecule has 0 saturated heterocycles. The summed E-state index contributed by atoms with van der Waals surface area (Å²) in [5, 5.41) is 13.5. The van der Waals surface area contributed by atoms with Gasteiger partial charge in [0.25, 0.3) is 0 Å². The fourth-order valence-electron chi connectivity index (χ4n) is 1.67. The lowest BCUT2D eigenvalue weighted by atomic mass is 10.3. The van der Waals surface area contributed by atoms with Crippen molar-refractivity contribution in [2.75, 3.05) is 18.5 Å². The molecule has 6 heteroatoms. The van der Waals surface area contributed by atoms with Crippen molar-refractivity contribution in [2.24, 2.45) is 0 Å². The standard InChI is InChI=1S/C15H14Cl2FNO2/c16-10-5-6-15(12(17)7-10)21-9-11(20)8-19-14-4-2-1-3-13(14)18/h1-7,11,19-20H,8-9H2. The van der Waals surface area contributed by atoms with Crippen LogP contribution in [0.4, 0.5) is 10.1 Å². The Morgan fingerprint density at radius 3 is 2.67 bits per heavy atom. The summed E-state index contributed by atoms with van der Waals surface area (Å²) in [6.07, 6.45) is -0.809. The van der Waals surface area contributed by atoms with E-state index in [1.165, 1.54) is 6.07 Å². The van der Waals surface area contributed by atoms with Crippen LogP contribution in [0.25, 0.3) is 0 Å². The van der Waals surface area contributed by atoms with Crippen LogP contribution in [0.3, 0.4) is 0 Å². The van der Waals surface area contributed by atoms with Gasteiger partial charge in [0.05, 0.1) is 10.7 Å². The lowest BCUT2D eigenvalue weighted by Crippen LogP contribution is -2.26. The highest BCUT2D eigenvalue weighted by Gasteiger charge is 2.09.